The maximum absolute atomic E-state index is 13.0. The number of fused-ring (bicyclic) bond motifs is 1. The second-order valence-electron chi connectivity index (χ2n) is 11.5. The van der Waals surface area contributed by atoms with Crippen molar-refractivity contribution in [3.8, 4) is 6.01 Å². The number of carbonyl (C=O) groups excluding carboxylic acids is 2. The fourth-order valence-electron chi connectivity index (χ4n) is 4.92. The largest absolute Gasteiger partial charge is 0.467 e. The highest BCUT2D eigenvalue weighted by Crippen LogP contribution is 2.31. The summed E-state index contributed by atoms with van der Waals surface area (Å²) in [5, 5.41) is 0. The minimum atomic E-state index is -0.824. The van der Waals surface area contributed by atoms with Crippen molar-refractivity contribution in [3.63, 3.8) is 0 Å². The molecule has 2 aromatic rings. The maximum atomic E-state index is 13.0. The number of carbonyl (C=O) groups is 2. The molecule has 1 unspecified atom stereocenters. The molecule has 3 heterocycles. The van der Waals surface area contributed by atoms with Crippen molar-refractivity contribution in [3.05, 3.63) is 47.2 Å². The Kier molecular flexibility index (Phi) is 9.47. The third kappa shape index (κ3) is 7.60. The van der Waals surface area contributed by atoms with E-state index in [1.165, 1.54) is 17.6 Å². The lowest BCUT2D eigenvalue weighted by molar-refractivity contribution is -0.147. The molecule has 2 aliphatic rings. The van der Waals surface area contributed by atoms with E-state index in [0.29, 0.717) is 32.3 Å². The highest BCUT2D eigenvalue weighted by molar-refractivity contribution is 5.83. The molecule has 1 saturated heterocycles. The van der Waals surface area contributed by atoms with Gasteiger partial charge in [-0.15, -0.1) is 0 Å². The zero-order valence-electron chi connectivity index (χ0n) is 24.6. The summed E-state index contributed by atoms with van der Waals surface area (Å²) in [6, 6.07) is 9.90. The van der Waals surface area contributed by atoms with E-state index in [1.54, 1.807) is 20.8 Å². The lowest BCUT2D eigenvalue weighted by Crippen LogP contribution is -2.59. The van der Waals surface area contributed by atoms with Crippen molar-refractivity contribution in [2.75, 3.05) is 65.4 Å². The lowest BCUT2D eigenvalue weighted by Gasteiger charge is -2.41. The van der Waals surface area contributed by atoms with Crippen molar-refractivity contribution in [1.82, 2.24) is 24.7 Å². The monoisotopic (exact) mass is 554 g/mol. The smallest absolute Gasteiger partial charge is 0.411 e. The lowest BCUT2D eigenvalue weighted by atomic mass is 10.0. The standard InChI is InChI=1S/C29H42N6O5/c1-29(2,3)40-28(37)35-15-14-34(20-24(35)26(36)38-6)25-22-12-13-33(18-21-10-8-7-9-11-21)19-23(22)30-27(31-25)39-17-16-32(4)5/h7-11,24H,12-20H2,1-6H3. The average Bonchev–Trinajstić information content (AvgIpc) is 2.91. The van der Waals surface area contributed by atoms with Gasteiger partial charge in [-0.2, -0.15) is 9.97 Å². The molecule has 1 fully saturated rings. The molecule has 0 spiro atoms. The zero-order chi connectivity index (χ0) is 28.9. The Balaban J connectivity index is 1.60. The molecular formula is C29H42N6O5. The molecule has 0 bridgehead atoms. The van der Waals surface area contributed by atoms with Crippen molar-refractivity contribution >= 4 is 17.9 Å². The number of hydrogen-bond acceptors (Lipinski definition) is 10. The van der Waals surface area contributed by atoms with E-state index in [0.717, 1.165) is 43.1 Å². The highest BCUT2D eigenvalue weighted by atomic mass is 16.6. The number of nitrogens with zero attached hydrogens (tertiary/aromatic N) is 6. The van der Waals surface area contributed by atoms with Crippen LogP contribution in [0.5, 0.6) is 6.01 Å². The molecule has 0 radical (unpaired) electrons. The summed E-state index contributed by atoms with van der Waals surface area (Å²) < 4.78 is 16.7. The quantitative estimate of drug-likeness (QED) is 0.453. The van der Waals surface area contributed by atoms with E-state index in [4.69, 9.17) is 24.2 Å². The van der Waals surface area contributed by atoms with Crippen LogP contribution in [-0.4, -0.2) is 109 Å². The molecule has 0 N–H and O–H groups in total. The molecule has 11 heteroatoms. The Morgan fingerprint density at radius 2 is 1.82 bits per heavy atom. The van der Waals surface area contributed by atoms with Gasteiger partial charge in [-0.1, -0.05) is 30.3 Å². The SMILES string of the molecule is COC(=O)C1CN(c2nc(OCCN(C)C)nc3c2CCN(Cc2ccccc2)C3)CCN1C(=O)OC(C)(C)C. The van der Waals surface area contributed by atoms with Crippen LogP contribution >= 0.6 is 0 Å². The van der Waals surface area contributed by atoms with Gasteiger partial charge in [-0.05, 0) is 46.9 Å². The minimum absolute atomic E-state index is 0.236. The molecule has 1 aromatic heterocycles. The van der Waals surface area contributed by atoms with Crippen LogP contribution in [0.1, 0.15) is 37.6 Å². The molecule has 11 nitrogen and oxygen atoms in total. The molecule has 0 saturated carbocycles. The first-order valence-corrected chi connectivity index (χ1v) is 13.8. The third-order valence-corrected chi connectivity index (χ3v) is 6.90. The molecule has 1 amide bonds. The van der Waals surface area contributed by atoms with E-state index in [1.807, 2.05) is 25.1 Å². The van der Waals surface area contributed by atoms with Crippen LogP contribution < -0.4 is 9.64 Å². The van der Waals surface area contributed by atoms with Crippen LogP contribution in [-0.2, 0) is 33.8 Å². The summed E-state index contributed by atoms with van der Waals surface area (Å²) in [4.78, 5) is 43.4. The van der Waals surface area contributed by atoms with E-state index < -0.39 is 23.7 Å². The predicted octanol–water partition coefficient (Wildman–Crippen LogP) is 2.57. The summed E-state index contributed by atoms with van der Waals surface area (Å²) in [7, 11) is 5.31. The summed E-state index contributed by atoms with van der Waals surface area (Å²) in [6.45, 7) is 9.98. The fraction of sp³-hybridized carbons (Fsp3) is 0.586. The molecule has 4 rings (SSSR count). The van der Waals surface area contributed by atoms with Crippen LogP contribution in [0.25, 0.3) is 0 Å². The number of methoxy groups -OCH3 is 1. The second-order valence-corrected chi connectivity index (χ2v) is 11.5. The van der Waals surface area contributed by atoms with E-state index in [2.05, 4.69) is 34.1 Å². The Bertz CT molecular complexity index is 1170. The average molecular weight is 555 g/mol. The van der Waals surface area contributed by atoms with Gasteiger partial charge in [0.2, 0.25) is 0 Å². The number of hydrogen-bond donors (Lipinski definition) is 0. The Labute approximate surface area is 237 Å². The van der Waals surface area contributed by atoms with Crippen molar-refractivity contribution in [2.45, 2.75) is 51.9 Å². The van der Waals surface area contributed by atoms with Crippen LogP contribution in [0.4, 0.5) is 10.6 Å². The number of benzene rings is 1. The minimum Gasteiger partial charge on any atom is -0.467 e. The van der Waals surface area contributed by atoms with Gasteiger partial charge in [0.05, 0.1) is 19.3 Å². The van der Waals surface area contributed by atoms with Gasteiger partial charge in [0, 0.05) is 44.8 Å². The molecule has 1 aromatic carbocycles. The molecular weight excluding hydrogens is 512 g/mol. The topological polar surface area (TPSA) is 101 Å². The number of esters is 1. The number of piperazine rings is 1. The van der Waals surface area contributed by atoms with E-state index in [-0.39, 0.29) is 6.54 Å². The Morgan fingerprint density at radius 3 is 2.50 bits per heavy atom. The Hall–Kier alpha value is -3.44. The molecule has 218 valence electrons. The van der Waals surface area contributed by atoms with E-state index >= 15 is 0 Å². The van der Waals surface area contributed by atoms with Gasteiger partial charge in [0.15, 0.2) is 6.04 Å². The number of aromatic nitrogens is 2. The fourth-order valence-corrected chi connectivity index (χ4v) is 4.92. The van der Waals surface area contributed by atoms with Crippen LogP contribution in [0.3, 0.4) is 0 Å². The summed E-state index contributed by atoms with van der Waals surface area (Å²) in [5.41, 5.74) is 2.56. The Morgan fingerprint density at radius 1 is 1.07 bits per heavy atom. The van der Waals surface area contributed by atoms with Crippen LogP contribution in [0.2, 0.25) is 0 Å². The van der Waals surface area contributed by atoms with Gasteiger partial charge in [-0.25, -0.2) is 9.59 Å². The number of anilines is 1. The molecule has 1 atom stereocenters. The number of rotatable bonds is 8. The van der Waals surface area contributed by atoms with Gasteiger partial charge in [0.1, 0.15) is 18.0 Å². The molecule has 0 aliphatic carbocycles. The highest BCUT2D eigenvalue weighted by Gasteiger charge is 2.40. The first-order valence-electron chi connectivity index (χ1n) is 13.8. The zero-order valence-corrected chi connectivity index (χ0v) is 24.6. The van der Waals surface area contributed by atoms with Crippen LogP contribution in [0, 0.1) is 0 Å². The van der Waals surface area contributed by atoms with Crippen molar-refractivity contribution in [1.29, 1.82) is 0 Å². The predicted molar refractivity (Wildman–Crippen MR) is 151 cm³/mol. The van der Waals surface area contributed by atoms with Crippen molar-refractivity contribution < 1.29 is 23.8 Å². The summed E-state index contributed by atoms with van der Waals surface area (Å²) >= 11 is 0. The third-order valence-electron chi connectivity index (χ3n) is 6.90. The maximum Gasteiger partial charge on any atom is 0.411 e. The number of amides is 1. The normalized spacial score (nSPS) is 17.9. The number of ether oxygens (including phenoxy) is 3. The van der Waals surface area contributed by atoms with E-state index in [9.17, 15) is 9.59 Å². The van der Waals surface area contributed by atoms with Crippen molar-refractivity contribution in [2.24, 2.45) is 0 Å². The summed E-state index contributed by atoms with van der Waals surface area (Å²) in [5.74, 6) is 0.261. The van der Waals surface area contributed by atoms with Gasteiger partial charge < -0.3 is 24.0 Å². The van der Waals surface area contributed by atoms with Gasteiger partial charge in [0.25, 0.3) is 0 Å². The van der Waals surface area contributed by atoms with Crippen LogP contribution in [0.15, 0.2) is 30.3 Å². The second kappa shape index (κ2) is 12.8. The number of likely N-dealkylation sites (N-methyl/N-ethyl adjacent to an activating group) is 1. The first-order chi connectivity index (χ1) is 19.0. The molecule has 40 heavy (non-hydrogen) atoms. The van der Waals surface area contributed by atoms with Gasteiger partial charge >= 0.3 is 18.1 Å². The summed E-state index contributed by atoms with van der Waals surface area (Å²) in [6.07, 6.45) is 0.238. The van der Waals surface area contributed by atoms with Gasteiger partial charge in [-0.3, -0.25) is 9.80 Å². The molecule has 2 aliphatic heterocycles. The first kappa shape index (κ1) is 29.5.